The van der Waals surface area contributed by atoms with Gasteiger partial charge in [0.25, 0.3) is 0 Å². The van der Waals surface area contributed by atoms with Crippen molar-refractivity contribution in [2.75, 3.05) is 26.8 Å². The van der Waals surface area contributed by atoms with Gasteiger partial charge in [0.1, 0.15) is 5.75 Å². The Kier molecular flexibility index (Phi) is 11.1. The molecule has 0 aromatic heterocycles. The van der Waals surface area contributed by atoms with Crippen molar-refractivity contribution >= 4 is 35.9 Å². The number of benzene rings is 1. The lowest BCUT2D eigenvalue weighted by Crippen LogP contribution is -2.37. The van der Waals surface area contributed by atoms with E-state index in [4.69, 9.17) is 9.47 Å². The summed E-state index contributed by atoms with van der Waals surface area (Å²) in [4.78, 5) is 15.5. The van der Waals surface area contributed by atoms with E-state index in [9.17, 15) is 4.79 Å². The van der Waals surface area contributed by atoms with E-state index >= 15 is 0 Å². The number of guanidine groups is 1. The molecule has 0 saturated heterocycles. The average Bonchev–Trinajstić information content (AvgIpc) is 3.45. The van der Waals surface area contributed by atoms with Crippen LogP contribution >= 0.6 is 24.0 Å². The minimum atomic E-state index is -0.158. The van der Waals surface area contributed by atoms with Crippen LogP contribution in [0.25, 0.3) is 0 Å². The van der Waals surface area contributed by atoms with E-state index in [1.807, 2.05) is 25.1 Å². The van der Waals surface area contributed by atoms with Crippen LogP contribution < -0.4 is 15.4 Å². The van der Waals surface area contributed by atoms with E-state index in [2.05, 4.69) is 21.7 Å². The molecular weight excluding hydrogens is 445 g/mol. The summed E-state index contributed by atoms with van der Waals surface area (Å²) >= 11 is 0. The first-order valence-corrected chi connectivity index (χ1v) is 9.03. The Morgan fingerprint density at radius 2 is 2.04 bits per heavy atom. The van der Waals surface area contributed by atoms with Crippen LogP contribution in [0.15, 0.2) is 29.3 Å². The van der Waals surface area contributed by atoms with Crippen molar-refractivity contribution < 1.29 is 14.3 Å². The fourth-order valence-electron chi connectivity index (χ4n) is 2.36. The zero-order chi connectivity index (χ0) is 17.9. The van der Waals surface area contributed by atoms with E-state index < -0.39 is 0 Å². The molecule has 1 fully saturated rings. The van der Waals surface area contributed by atoms with Gasteiger partial charge >= 0.3 is 5.97 Å². The topological polar surface area (TPSA) is 72.0 Å². The van der Waals surface area contributed by atoms with Gasteiger partial charge in [0.15, 0.2) is 5.96 Å². The first-order valence-electron chi connectivity index (χ1n) is 9.03. The van der Waals surface area contributed by atoms with Crippen molar-refractivity contribution in [3.63, 3.8) is 0 Å². The van der Waals surface area contributed by atoms with Gasteiger partial charge in [0.05, 0.1) is 13.2 Å². The van der Waals surface area contributed by atoms with E-state index in [1.165, 1.54) is 12.8 Å². The van der Waals surface area contributed by atoms with Crippen molar-refractivity contribution in [3.8, 4) is 5.75 Å². The molecule has 2 rings (SSSR count). The summed E-state index contributed by atoms with van der Waals surface area (Å²) in [6.45, 7) is 4.35. The maximum Gasteiger partial charge on any atom is 0.305 e. The highest BCUT2D eigenvalue weighted by Crippen LogP contribution is 2.30. The Morgan fingerprint density at radius 1 is 1.27 bits per heavy atom. The monoisotopic (exact) mass is 475 g/mol. The molecule has 1 saturated carbocycles. The van der Waals surface area contributed by atoms with Crippen molar-refractivity contribution in [3.05, 3.63) is 29.8 Å². The number of esters is 1. The molecule has 0 bridgehead atoms. The van der Waals surface area contributed by atoms with Gasteiger partial charge in [0, 0.05) is 32.1 Å². The summed E-state index contributed by atoms with van der Waals surface area (Å²) < 4.78 is 10.8. The normalized spacial score (nSPS) is 13.5. The molecule has 0 spiro atoms. The molecule has 6 nitrogen and oxygen atoms in total. The number of nitrogens with one attached hydrogen (secondary N) is 2. The Balaban J connectivity index is 0.00000338. The van der Waals surface area contributed by atoms with E-state index in [0.717, 1.165) is 23.8 Å². The molecular formula is C19H30IN3O3. The number of para-hydroxylation sites is 1. The number of aliphatic imine (C=N–C) groups is 1. The lowest BCUT2D eigenvalue weighted by atomic mass is 10.2. The van der Waals surface area contributed by atoms with Gasteiger partial charge in [-0.1, -0.05) is 18.2 Å². The second-order valence-electron chi connectivity index (χ2n) is 6.12. The number of ether oxygens (including phenoxy) is 2. The third-order valence-electron chi connectivity index (χ3n) is 3.97. The smallest absolute Gasteiger partial charge is 0.305 e. The predicted octanol–water partition coefficient (Wildman–Crippen LogP) is 3.10. The maximum atomic E-state index is 11.3. The molecule has 1 aromatic rings. The maximum absolute atomic E-state index is 11.3. The first kappa shape index (κ1) is 22.5. The summed E-state index contributed by atoms with van der Waals surface area (Å²) in [5.74, 6) is 2.21. The Morgan fingerprint density at radius 3 is 2.73 bits per heavy atom. The lowest BCUT2D eigenvalue weighted by molar-refractivity contribution is -0.143. The van der Waals surface area contributed by atoms with Gasteiger partial charge in [-0.3, -0.25) is 9.79 Å². The summed E-state index contributed by atoms with van der Waals surface area (Å²) in [6, 6.07) is 8.07. The van der Waals surface area contributed by atoms with Gasteiger partial charge in [0.2, 0.25) is 0 Å². The number of rotatable bonds is 10. The molecule has 1 aliphatic carbocycles. The van der Waals surface area contributed by atoms with Crippen LogP contribution in [-0.2, 0) is 16.1 Å². The van der Waals surface area contributed by atoms with Crippen molar-refractivity contribution in [2.24, 2.45) is 10.9 Å². The van der Waals surface area contributed by atoms with Gasteiger partial charge in [-0.25, -0.2) is 0 Å². The van der Waals surface area contributed by atoms with Crippen LogP contribution in [0.5, 0.6) is 5.75 Å². The fourth-order valence-corrected chi connectivity index (χ4v) is 2.36. The minimum absolute atomic E-state index is 0. The Bertz CT molecular complexity index is 577. The minimum Gasteiger partial charge on any atom is -0.493 e. The van der Waals surface area contributed by atoms with Crippen molar-refractivity contribution in [2.45, 2.75) is 39.2 Å². The van der Waals surface area contributed by atoms with Crippen LogP contribution in [0.1, 0.15) is 38.2 Å². The molecule has 0 aliphatic heterocycles. The zero-order valence-corrected chi connectivity index (χ0v) is 18.0. The van der Waals surface area contributed by atoms with Crippen molar-refractivity contribution in [1.29, 1.82) is 0 Å². The van der Waals surface area contributed by atoms with E-state index in [1.54, 1.807) is 7.05 Å². The highest BCUT2D eigenvalue weighted by molar-refractivity contribution is 14.0. The second kappa shape index (κ2) is 12.8. The lowest BCUT2D eigenvalue weighted by Gasteiger charge is -2.14. The molecule has 0 atom stereocenters. The number of halogens is 1. The SMILES string of the molecule is CCOC(=O)CCCNC(=NC)NCc1ccccc1OCC1CC1.I. The number of carbonyl (C=O) groups excluding carboxylic acids is 1. The average molecular weight is 475 g/mol. The standard InChI is InChI=1S/C19H29N3O3.HI/c1-3-24-18(23)9-6-12-21-19(20-2)22-13-16-7-4-5-8-17(16)25-14-15-10-11-15;/h4-5,7-8,15H,3,6,9-14H2,1-2H3,(H2,20,21,22);1H. The van der Waals surface area contributed by atoms with Gasteiger partial charge in [-0.15, -0.1) is 24.0 Å². The summed E-state index contributed by atoms with van der Waals surface area (Å²) in [5.41, 5.74) is 1.11. The predicted molar refractivity (Wildman–Crippen MR) is 114 cm³/mol. The Hall–Kier alpha value is -1.51. The first-order chi connectivity index (χ1) is 12.2. The van der Waals surface area contributed by atoms with Crippen LogP contribution in [0.4, 0.5) is 0 Å². The molecule has 0 heterocycles. The van der Waals surface area contributed by atoms with Crippen LogP contribution in [0.3, 0.4) is 0 Å². The third kappa shape index (κ3) is 8.73. The molecule has 26 heavy (non-hydrogen) atoms. The summed E-state index contributed by atoms with van der Waals surface area (Å²) in [6.07, 6.45) is 3.68. The fraction of sp³-hybridized carbons (Fsp3) is 0.579. The van der Waals surface area contributed by atoms with E-state index in [0.29, 0.717) is 38.5 Å². The molecule has 0 unspecified atom stereocenters. The third-order valence-corrected chi connectivity index (χ3v) is 3.97. The zero-order valence-electron chi connectivity index (χ0n) is 15.6. The number of nitrogens with zero attached hydrogens (tertiary/aromatic N) is 1. The molecule has 1 aromatic carbocycles. The Labute approximate surface area is 173 Å². The molecule has 0 radical (unpaired) electrons. The largest absolute Gasteiger partial charge is 0.493 e. The molecule has 146 valence electrons. The van der Waals surface area contributed by atoms with Gasteiger partial charge < -0.3 is 20.1 Å². The van der Waals surface area contributed by atoms with Gasteiger partial charge in [-0.05, 0) is 38.2 Å². The number of carbonyl (C=O) groups is 1. The summed E-state index contributed by atoms with van der Waals surface area (Å²) in [7, 11) is 1.73. The molecule has 2 N–H and O–H groups in total. The van der Waals surface area contributed by atoms with Gasteiger partial charge in [-0.2, -0.15) is 0 Å². The number of hydrogen-bond acceptors (Lipinski definition) is 4. The van der Waals surface area contributed by atoms with E-state index in [-0.39, 0.29) is 29.9 Å². The highest BCUT2D eigenvalue weighted by Gasteiger charge is 2.22. The summed E-state index contributed by atoms with van der Waals surface area (Å²) in [5, 5.41) is 6.49. The second-order valence-corrected chi connectivity index (χ2v) is 6.12. The van der Waals surface area contributed by atoms with Crippen LogP contribution in [0.2, 0.25) is 0 Å². The highest BCUT2D eigenvalue weighted by atomic mass is 127. The van der Waals surface area contributed by atoms with Crippen molar-refractivity contribution in [1.82, 2.24) is 10.6 Å². The number of hydrogen-bond donors (Lipinski definition) is 2. The quantitative estimate of drug-likeness (QED) is 0.179. The molecule has 0 amide bonds. The van der Waals surface area contributed by atoms with Crippen LogP contribution in [0, 0.1) is 5.92 Å². The van der Waals surface area contributed by atoms with Crippen LogP contribution in [-0.4, -0.2) is 38.7 Å². The molecule has 7 heteroatoms. The molecule has 1 aliphatic rings.